The highest BCUT2D eigenvalue weighted by Crippen LogP contribution is 2.21. The number of carbonyl (C=O) groups is 2. The number of hydrogen-bond acceptors (Lipinski definition) is 5. The van der Waals surface area contributed by atoms with E-state index >= 15 is 0 Å². The fourth-order valence-corrected chi connectivity index (χ4v) is 2.97. The highest BCUT2D eigenvalue weighted by molar-refractivity contribution is 5.93. The van der Waals surface area contributed by atoms with Gasteiger partial charge in [0.2, 0.25) is 0 Å². The van der Waals surface area contributed by atoms with Gasteiger partial charge in [0.1, 0.15) is 5.69 Å². The summed E-state index contributed by atoms with van der Waals surface area (Å²) >= 11 is 0. The second-order valence-corrected chi connectivity index (χ2v) is 6.60. The van der Waals surface area contributed by atoms with E-state index in [9.17, 15) is 9.59 Å². The summed E-state index contributed by atoms with van der Waals surface area (Å²) in [5.74, 6) is 0.277. The van der Waals surface area contributed by atoms with Crippen LogP contribution in [0.4, 0.5) is 11.4 Å². The van der Waals surface area contributed by atoms with Crippen molar-refractivity contribution in [3.05, 3.63) is 53.9 Å². The highest BCUT2D eigenvalue weighted by atomic mass is 16.5. The molecule has 136 valence electrons. The summed E-state index contributed by atoms with van der Waals surface area (Å²) in [7, 11) is 1.35. The molecule has 0 aliphatic carbocycles. The summed E-state index contributed by atoms with van der Waals surface area (Å²) in [5.41, 5.74) is 2.52. The molecule has 0 radical (unpaired) electrons. The van der Waals surface area contributed by atoms with Gasteiger partial charge >= 0.3 is 5.97 Å². The molecule has 1 fully saturated rings. The molecule has 0 bridgehead atoms. The molecular formula is C20H23N3O3. The van der Waals surface area contributed by atoms with E-state index in [1.165, 1.54) is 7.11 Å². The topological polar surface area (TPSA) is 71.5 Å². The minimum atomic E-state index is -0.371. The van der Waals surface area contributed by atoms with E-state index in [0.717, 1.165) is 37.3 Å². The number of benzene rings is 1. The SMILES string of the molecule is COC(=O)c1ccc(Nc2ccnc(C(=O)N3CCC(C)CC3)c2)cc1. The van der Waals surface area contributed by atoms with Gasteiger partial charge in [-0.1, -0.05) is 6.92 Å². The summed E-state index contributed by atoms with van der Waals surface area (Å²) < 4.78 is 4.69. The van der Waals surface area contributed by atoms with Crippen molar-refractivity contribution in [1.82, 2.24) is 9.88 Å². The molecule has 6 heteroatoms. The largest absolute Gasteiger partial charge is 0.465 e. The Bertz CT molecular complexity index is 781. The van der Waals surface area contributed by atoms with Crippen LogP contribution in [0.15, 0.2) is 42.6 Å². The number of nitrogens with zero attached hydrogens (tertiary/aromatic N) is 2. The lowest BCUT2D eigenvalue weighted by Crippen LogP contribution is -2.38. The lowest BCUT2D eigenvalue weighted by atomic mass is 9.99. The van der Waals surface area contributed by atoms with Crippen molar-refractivity contribution in [2.24, 2.45) is 5.92 Å². The van der Waals surface area contributed by atoms with Crippen LogP contribution in [0.3, 0.4) is 0 Å². The number of nitrogens with one attached hydrogen (secondary N) is 1. The van der Waals surface area contributed by atoms with Gasteiger partial charge in [-0.15, -0.1) is 0 Å². The molecule has 0 unspecified atom stereocenters. The third-order valence-electron chi connectivity index (χ3n) is 4.64. The second-order valence-electron chi connectivity index (χ2n) is 6.60. The van der Waals surface area contributed by atoms with Gasteiger partial charge in [0, 0.05) is 30.7 Å². The third kappa shape index (κ3) is 4.20. The maximum absolute atomic E-state index is 12.6. The number of aromatic nitrogens is 1. The molecular weight excluding hydrogens is 330 g/mol. The van der Waals surface area contributed by atoms with Crippen molar-refractivity contribution in [3.8, 4) is 0 Å². The number of piperidine rings is 1. The van der Waals surface area contributed by atoms with Crippen molar-refractivity contribution in [2.75, 3.05) is 25.5 Å². The van der Waals surface area contributed by atoms with Crippen LogP contribution in [-0.4, -0.2) is 42.0 Å². The van der Waals surface area contributed by atoms with Crippen molar-refractivity contribution < 1.29 is 14.3 Å². The van der Waals surface area contributed by atoms with Gasteiger partial charge in [-0.25, -0.2) is 4.79 Å². The summed E-state index contributed by atoms with van der Waals surface area (Å²) in [6.07, 6.45) is 3.71. The molecule has 0 atom stereocenters. The van der Waals surface area contributed by atoms with Crippen molar-refractivity contribution in [2.45, 2.75) is 19.8 Å². The zero-order chi connectivity index (χ0) is 18.5. The van der Waals surface area contributed by atoms with Crippen molar-refractivity contribution in [1.29, 1.82) is 0 Å². The van der Waals surface area contributed by atoms with E-state index in [-0.39, 0.29) is 11.9 Å². The number of methoxy groups -OCH3 is 1. The minimum absolute atomic E-state index is 0.0263. The Morgan fingerprint density at radius 3 is 2.46 bits per heavy atom. The number of ether oxygens (including phenoxy) is 1. The molecule has 1 aliphatic rings. The fraction of sp³-hybridized carbons (Fsp3) is 0.350. The Balaban J connectivity index is 1.69. The molecule has 1 N–H and O–H groups in total. The molecule has 1 saturated heterocycles. The summed E-state index contributed by atoms with van der Waals surface area (Å²) in [6.45, 7) is 3.79. The van der Waals surface area contributed by atoms with E-state index in [0.29, 0.717) is 17.2 Å². The van der Waals surface area contributed by atoms with E-state index < -0.39 is 0 Å². The lowest BCUT2D eigenvalue weighted by Gasteiger charge is -2.30. The Kier molecular flexibility index (Phi) is 5.51. The summed E-state index contributed by atoms with van der Waals surface area (Å²) in [5, 5.41) is 3.23. The normalized spacial score (nSPS) is 14.8. The molecule has 1 aliphatic heterocycles. The average molecular weight is 353 g/mol. The number of esters is 1. The van der Waals surface area contributed by atoms with Crippen molar-refractivity contribution in [3.63, 3.8) is 0 Å². The molecule has 3 rings (SSSR count). The Labute approximate surface area is 153 Å². The quantitative estimate of drug-likeness (QED) is 0.852. The van der Waals surface area contributed by atoms with Crippen LogP contribution in [0.1, 0.15) is 40.6 Å². The maximum atomic E-state index is 12.6. The first-order valence-electron chi connectivity index (χ1n) is 8.77. The van der Waals surface area contributed by atoms with Crippen LogP contribution >= 0.6 is 0 Å². The summed E-state index contributed by atoms with van der Waals surface area (Å²) in [6, 6.07) is 10.5. The Morgan fingerprint density at radius 2 is 1.81 bits per heavy atom. The molecule has 6 nitrogen and oxygen atoms in total. The predicted octanol–water partition coefficient (Wildman–Crippen LogP) is 3.48. The molecule has 1 amide bonds. The van der Waals surface area contributed by atoms with Crippen LogP contribution in [0.2, 0.25) is 0 Å². The van der Waals surface area contributed by atoms with Gasteiger partial charge in [0.25, 0.3) is 5.91 Å². The van der Waals surface area contributed by atoms with E-state index in [1.54, 1.807) is 36.5 Å². The first-order chi connectivity index (χ1) is 12.6. The molecule has 2 heterocycles. The van der Waals surface area contributed by atoms with E-state index in [2.05, 4.69) is 17.2 Å². The first-order valence-corrected chi connectivity index (χ1v) is 8.77. The monoisotopic (exact) mass is 353 g/mol. The molecule has 1 aromatic carbocycles. The van der Waals surface area contributed by atoms with Crippen LogP contribution in [0.25, 0.3) is 0 Å². The molecule has 0 spiro atoms. The molecule has 26 heavy (non-hydrogen) atoms. The number of likely N-dealkylation sites (tertiary alicyclic amines) is 1. The van der Waals surface area contributed by atoms with Crippen LogP contribution in [0.5, 0.6) is 0 Å². The van der Waals surface area contributed by atoms with Gasteiger partial charge in [-0.2, -0.15) is 0 Å². The number of pyridine rings is 1. The van der Waals surface area contributed by atoms with Gasteiger partial charge in [-0.3, -0.25) is 9.78 Å². The first kappa shape index (κ1) is 17.9. The molecule has 1 aromatic heterocycles. The number of carbonyl (C=O) groups excluding carboxylic acids is 2. The van der Waals surface area contributed by atoms with Crippen molar-refractivity contribution >= 4 is 23.3 Å². The number of rotatable bonds is 4. The van der Waals surface area contributed by atoms with Gasteiger partial charge in [0.15, 0.2) is 0 Å². The zero-order valence-electron chi connectivity index (χ0n) is 15.1. The molecule has 2 aromatic rings. The smallest absolute Gasteiger partial charge is 0.337 e. The zero-order valence-corrected chi connectivity index (χ0v) is 15.1. The molecule has 0 saturated carbocycles. The lowest BCUT2D eigenvalue weighted by molar-refractivity contribution is 0.0600. The third-order valence-corrected chi connectivity index (χ3v) is 4.64. The second kappa shape index (κ2) is 7.99. The van der Waals surface area contributed by atoms with Gasteiger partial charge in [-0.05, 0) is 55.2 Å². The number of hydrogen-bond donors (Lipinski definition) is 1. The van der Waals surface area contributed by atoms with Gasteiger partial charge in [0.05, 0.1) is 12.7 Å². The fourth-order valence-electron chi connectivity index (χ4n) is 2.97. The van der Waals surface area contributed by atoms with Crippen LogP contribution in [-0.2, 0) is 4.74 Å². The average Bonchev–Trinajstić information content (AvgIpc) is 2.68. The predicted molar refractivity (Wildman–Crippen MR) is 99.6 cm³/mol. The summed E-state index contributed by atoms with van der Waals surface area (Å²) in [4.78, 5) is 30.2. The van der Waals surface area contributed by atoms with Crippen LogP contribution in [0, 0.1) is 5.92 Å². The van der Waals surface area contributed by atoms with E-state index in [4.69, 9.17) is 4.74 Å². The number of amides is 1. The Morgan fingerprint density at radius 1 is 1.12 bits per heavy atom. The standard InChI is InChI=1S/C20H23N3O3/c1-14-8-11-23(12-9-14)19(24)18-13-17(7-10-21-18)22-16-5-3-15(4-6-16)20(25)26-2/h3-7,10,13-14H,8-9,11-12H2,1-2H3,(H,21,22). The van der Waals surface area contributed by atoms with Gasteiger partial charge < -0.3 is 15.0 Å². The van der Waals surface area contributed by atoms with E-state index in [1.807, 2.05) is 11.0 Å². The maximum Gasteiger partial charge on any atom is 0.337 e. The number of anilines is 2. The minimum Gasteiger partial charge on any atom is -0.465 e. The van der Waals surface area contributed by atoms with Crippen LogP contribution < -0.4 is 5.32 Å². The Hall–Kier alpha value is -2.89. The highest BCUT2D eigenvalue weighted by Gasteiger charge is 2.22.